The number of nitrogens with zero attached hydrogens (tertiary/aromatic N) is 2. The summed E-state index contributed by atoms with van der Waals surface area (Å²) in [5, 5.41) is 0.608. The van der Waals surface area contributed by atoms with Crippen LogP contribution in [0.1, 0.15) is 26.3 Å². The number of ether oxygens (including phenoxy) is 2. The molecular formula is C17H22BrClN2O3. The van der Waals surface area contributed by atoms with Crippen LogP contribution in [0.15, 0.2) is 16.6 Å². The van der Waals surface area contributed by atoms with Crippen LogP contribution in [0.3, 0.4) is 0 Å². The highest BCUT2D eigenvalue weighted by molar-refractivity contribution is 9.10. The Morgan fingerprint density at radius 2 is 2.12 bits per heavy atom. The first kappa shape index (κ1) is 17.8. The van der Waals surface area contributed by atoms with Crippen molar-refractivity contribution < 1.29 is 14.3 Å². The molecular weight excluding hydrogens is 396 g/mol. The predicted molar refractivity (Wildman–Crippen MR) is 96.7 cm³/mol. The van der Waals surface area contributed by atoms with Crippen molar-refractivity contribution in [2.45, 2.75) is 39.0 Å². The Bertz CT molecular complexity index is 647. The lowest BCUT2D eigenvalue weighted by atomic mass is 10.1. The maximum absolute atomic E-state index is 12.3. The topological polar surface area (TPSA) is 42.0 Å². The van der Waals surface area contributed by atoms with Crippen molar-refractivity contribution in [1.29, 1.82) is 0 Å². The van der Waals surface area contributed by atoms with Gasteiger partial charge in [0.1, 0.15) is 18.0 Å². The zero-order valence-corrected chi connectivity index (χ0v) is 16.5. The van der Waals surface area contributed by atoms with Crippen LogP contribution >= 0.6 is 27.5 Å². The molecule has 0 saturated carbocycles. The van der Waals surface area contributed by atoms with Gasteiger partial charge in [-0.1, -0.05) is 17.7 Å². The highest BCUT2D eigenvalue weighted by atomic mass is 79.9. The van der Waals surface area contributed by atoms with Crippen LogP contribution in [-0.2, 0) is 11.3 Å². The van der Waals surface area contributed by atoms with Crippen molar-refractivity contribution in [3.63, 3.8) is 0 Å². The standard InChI is InChI=1S/C17H22BrClN2O3/c1-17(2,3)24-16(22)21-7-6-20-8-11-4-5-13(18)14(19)15(11)23-10-12(20)9-21/h4-5,12H,6-10H2,1-3H3. The fraction of sp³-hybridized carbons (Fsp3) is 0.588. The number of fused-ring (bicyclic) bond motifs is 2. The summed E-state index contributed by atoms with van der Waals surface area (Å²) in [6.45, 7) is 8.97. The molecule has 1 aromatic carbocycles. The van der Waals surface area contributed by atoms with Gasteiger partial charge in [0.05, 0.1) is 11.1 Å². The Morgan fingerprint density at radius 3 is 2.83 bits per heavy atom. The maximum Gasteiger partial charge on any atom is 0.410 e. The Balaban J connectivity index is 1.72. The second-order valence-corrected chi connectivity index (χ2v) is 8.44. The van der Waals surface area contributed by atoms with Gasteiger partial charge in [0, 0.05) is 36.2 Å². The maximum atomic E-state index is 12.3. The highest BCUT2D eigenvalue weighted by Crippen LogP contribution is 2.38. The molecule has 0 aromatic heterocycles. The monoisotopic (exact) mass is 416 g/mol. The zero-order valence-electron chi connectivity index (χ0n) is 14.1. The molecule has 2 aliphatic heterocycles. The molecule has 0 aliphatic carbocycles. The number of rotatable bonds is 0. The average molecular weight is 418 g/mol. The first-order valence-corrected chi connectivity index (χ1v) is 9.23. The van der Waals surface area contributed by atoms with E-state index in [9.17, 15) is 4.79 Å². The lowest BCUT2D eigenvalue weighted by molar-refractivity contribution is -0.00154. The molecule has 0 bridgehead atoms. The van der Waals surface area contributed by atoms with Gasteiger partial charge in [-0.25, -0.2) is 4.79 Å². The van der Waals surface area contributed by atoms with Crippen molar-refractivity contribution in [3.8, 4) is 5.75 Å². The van der Waals surface area contributed by atoms with Crippen molar-refractivity contribution >= 4 is 33.6 Å². The SMILES string of the molecule is CC(C)(C)OC(=O)N1CCN2Cc3ccc(Br)c(Cl)c3OCC2C1. The van der Waals surface area contributed by atoms with E-state index in [2.05, 4.69) is 20.8 Å². The van der Waals surface area contributed by atoms with E-state index in [0.29, 0.717) is 24.7 Å². The molecule has 1 saturated heterocycles. The van der Waals surface area contributed by atoms with E-state index in [0.717, 1.165) is 28.9 Å². The molecule has 0 spiro atoms. The van der Waals surface area contributed by atoms with Crippen LogP contribution in [0.4, 0.5) is 4.79 Å². The van der Waals surface area contributed by atoms with Crippen LogP contribution in [0, 0.1) is 0 Å². The normalized spacial score (nSPS) is 21.4. The highest BCUT2D eigenvalue weighted by Gasteiger charge is 2.34. The molecule has 24 heavy (non-hydrogen) atoms. The fourth-order valence-electron chi connectivity index (χ4n) is 3.00. The largest absolute Gasteiger partial charge is 0.490 e. The Labute approximate surface area is 156 Å². The quantitative estimate of drug-likeness (QED) is 0.642. The van der Waals surface area contributed by atoms with Crippen LogP contribution in [0.5, 0.6) is 5.75 Å². The molecule has 2 aliphatic rings. The molecule has 7 heteroatoms. The number of hydrogen-bond acceptors (Lipinski definition) is 4. The van der Waals surface area contributed by atoms with E-state index in [4.69, 9.17) is 21.1 Å². The van der Waals surface area contributed by atoms with Gasteiger partial charge >= 0.3 is 6.09 Å². The van der Waals surface area contributed by atoms with E-state index in [1.807, 2.05) is 32.9 Å². The third-order valence-corrected chi connectivity index (χ3v) is 5.45. The number of benzene rings is 1. The summed E-state index contributed by atoms with van der Waals surface area (Å²) < 4.78 is 12.3. The summed E-state index contributed by atoms with van der Waals surface area (Å²) in [6, 6.07) is 4.11. The first-order valence-electron chi connectivity index (χ1n) is 8.06. The van der Waals surface area contributed by atoms with Gasteiger partial charge in [0.15, 0.2) is 0 Å². The van der Waals surface area contributed by atoms with E-state index >= 15 is 0 Å². The molecule has 1 atom stereocenters. The van der Waals surface area contributed by atoms with Crippen LogP contribution in [0.2, 0.25) is 5.02 Å². The number of carbonyl (C=O) groups is 1. The number of piperazine rings is 1. The van der Waals surface area contributed by atoms with Gasteiger partial charge in [-0.05, 0) is 42.8 Å². The molecule has 132 valence electrons. The summed E-state index contributed by atoms with van der Waals surface area (Å²) in [6.07, 6.45) is -0.260. The number of halogens is 2. The molecule has 1 fully saturated rings. The van der Waals surface area contributed by atoms with E-state index in [1.165, 1.54) is 0 Å². The minimum atomic E-state index is -0.482. The summed E-state index contributed by atoms with van der Waals surface area (Å²) in [4.78, 5) is 16.4. The van der Waals surface area contributed by atoms with Gasteiger partial charge in [0.2, 0.25) is 0 Å². The van der Waals surface area contributed by atoms with Gasteiger partial charge in [-0.3, -0.25) is 4.90 Å². The summed E-state index contributed by atoms with van der Waals surface area (Å²) in [5.41, 5.74) is 0.598. The van der Waals surface area contributed by atoms with Gasteiger partial charge in [0.25, 0.3) is 0 Å². The minimum Gasteiger partial charge on any atom is -0.490 e. The molecule has 3 rings (SSSR count). The van der Waals surface area contributed by atoms with E-state index in [1.54, 1.807) is 4.90 Å². The minimum absolute atomic E-state index is 0.133. The molecule has 5 nitrogen and oxygen atoms in total. The molecule has 1 aromatic rings. The third kappa shape index (κ3) is 3.81. The third-order valence-electron chi connectivity index (χ3n) is 4.18. The predicted octanol–water partition coefficient (Wildman–Crippen LogP) is 3.92. The Kier molecular flexibility index (Phi) is 5.00. The molecule has 0 N–H and O–H groups in total. The van der Waals surface area contributed by atoms with Gasteiger partial charge in [-0.2, -0.15) is 0 Å². The van der Waals surface area contributed by atoms with E-state index in [-0.39, 0.29) is 12.1 Å². The van der Waals surface area contributed by atoms with Gasteiger partial charge in [-0.15, -0.1) is 0 Å². The van der Waals surface area contributed by atoms with Crippen LogP contribution < -0.4 is 4.74 Å². The van der Waals surface area contributed by atoms with Gasteiger partial charge < -0.3 is 14.4 Å². The smallest absolute Gasteiger partial charge is 0.410 e. The first-order chi connectivity index (χ1) is 11.2. The number of carbonyl (C=O) groups excluding carboxylic acids is 1. The second-order valence-electron chi connectivity index (χ2n) is 7.21. The molecule has 1 amide bonds. The Hall–Kier alpha value is -0.980. The molecule has 1 unspecified atom stereocenters. The number of hydrogen-bond donors (Lipinski definition) is 0. The zero-order chi connectivity index (χ0) is 17.5. The van der Waals surface area contributed by atoms with Crippen molar-refractivity contribution in [2.24, 2.45) is 0 Å². The van der Waals surface area contributed by atoms with Crippen LogP contribution in [-0.4, -0.2) is 53.8 Å². The van der Waals surface area contributed by atoms with E-state index < -0.39 is 5.60 Å². The summed E-state index contributed by atoms with van der Waals surface area (Å²) in [5.74, 6) is 0.740. The van der Waals surface area contributed by atoms with Crippen LogP contribution in [0.25, 0.3) is 0 Å². The summed E-state index contributed by atoms with van der Waals surface area (Å²) in [7, 11) is 0. The Morgan fingerprint density at radius 1 is 1.38 bits per heavy atom. The summed E-state index contributed by atoms with van der Waals surface area (Å²) >= 11 is 9.80. The number of amides is 1. The van der Waals surface area contributed by atoms with Crippen molar-refractivity contribution in [3.05, 3.63) is 27.2 Å². The molecule has 2 heterocycles. The fourth-order valence-corrected chi connectivity index (χ4v) is 3.55. The van der Waals surface area contributed by atoms with Crippen molar-refractivity contribution in [1.82, 2.24) is 9.80 Å². The average Bonchev–Trinajstić information content (AvgIpc) is 2.68. The molecule has 0 radical (unpaired) electrons. The lowest BCUT2D eigenvalue weighted by Gasteiger charge is -2.40. The van der Waals surface area contributed by atoms with Crippen molar-refractivity contribution in [2.75, 3.05) is 26.2 Å². The lowest BCUT2D eigenvalue weighted by Crippen LogP contribution is -2.56. The second kappa shape index (κ2) is 6.73.